The van der Waals surface area contributed by atoms with E-state index in [0.717, 1.165) is 21.9 Å². The minimum absolute atomic E-state index is 0.133. The predicted octanol–water partition coefficient (Wildman–Crippen LogP) is 5.62. The van der Waals surface area contributed by atoms with E-state index in [0.29, 0.717) is 17.1 Å². The summed E-state index contributed by atoms with van der Waals surface area (Å²) >= 11 is 2.47. The number of benzene rings is 2. The van der Waals surface area contributed by atoms with Gasteiger partial charge < -0.3 is 5.32 Å². The average molecular weight is 426 g/mol. The van der Waals surface area contributed by atoms with Crippen LogP contribution in [0.25, 0.3) is 0 Å². The third kappa shape index (κ3) is 5.80. The zero-order chi connectivity index (χ0) is 20.1. The van der Waals surface area contributed by atoms with Gasteiger partial charge in [0.25, 0.3) is 0 Å². The molecule has 1 amide bonds. The molecule has 1 aromatic heterocycles. The highest BCUT2D eigenvalue weighted by Gasteiger charge is 2.30. The van der Waals surface area contributed by atoms with Crippen LogP contribution in [0.15, 0.2) is 59.6 Å². The van der Waals surface area contributed by atoms with Crippen molar-refractivity contribution in [2.75, 3.05) is 11.1 Å². The molecule has 1 N–H and O–H groups in total. The first-order chi connectivity index (χ1) is 13.3. The maximum Gasteiger partial charge on any atom is 0.416 e. The highest BCUT2D eigenvalue weighted by molar-refractivity contribution is 8.00. The molecule has 146 valence electrons. The first-order valence-electron chi connectivity index (χ1n) is 8.08. The lowest BCUT2D eigenvalue weighted by Crippen LogP contribution is -2.13. The number of thiazole rings is 1. The number of hydrogen-bond acceptors (Lipinski definition) is 4. The van der Waals surface area contributed by atoms with E-state index in [-0.39, 0.29) is 17.5 Å². The van der Waals surface area contributed by atoms with E-state index < -0.39 is 11.7 Å². The zero-order valence-corrected chi connectivity index (χ0v) is 15.9. The number of nitrogens with one attached hydrogen (secondary N) is 1. The van der Waals surface area contributed by atoms with E-state index in [2.05, 4.69) is 10.3 Å². The molecule has 1 heterocycles. The second-order valence-electron chi connectivity index (χ2n) is 5.80. The van der Waals surface area contributed by atoms with Gasteiger partial charge in [-0.25, -0.2) is 9.37 Å². The fourth-order valence-electron chi connectivity index (χ4n) is 2.34. The van der Waals surface area contributed by atoms with E-state index in [4.69, 9.17) is 0 Å². The van der Waals surface area contributed by atoms with Gasteiger partial charge in [0.15, 0.2) is 5.13 Å². The summed E-state index contributed by atoms with van der Waals surface area (Å²) in [5.41, 5.74) is -0.177. The minimum atomic E-state index is -4.38. The van der Waals surface area contributed by atoms with E-state index in [1.54, 1.807) is 18.2 Å². The molecule has 0 aliphatic carbocycles. The van der Waals surface area contributed by atoms with Gasteiger partial charge in [0.05, 0.1) is 11.3 Å². The van der Waals surface area contributed by atoms with Crippen LogP contribution in [0.5, 0.6) is 0 Å². The largest absolute Gasteiger partial charge is 0.416 e. The standard InChI is InChI=1S/C19H14F4N2OS2/c20-14-4-6-15(7-5-14)27-11-17(26)25-18-24-10-16(28-18)9-12-2-1-3-13(8-12)19(21,22)23/h1-8,10H,9,11H2,(H,24,25,26). The van der Waals surface area contributed by atoms with Crippen molar-refractivity contribution in [3.63, 3.8) is 0 Å². The molecule has 0 spiro atoms. The smallest absolute Gasteiger partial charge is 0.301 e. The van der Waals surface area contributed by atoms with Crippen molar-refractivity contribution in [3.8, 4) is 0 Å². The molecular formula is C19H14F4N2OS2. The van der Waals surface area contributed by atoms with Crippen molar-refractivity contribution in [1.82, 2.24) is 4.98 Å². The van der Waals surface area contributed by atoms with Gasteiger partial charge in [0.1, 0.15) is 5.82 Å². The molecule has 0 unspecified atom stereocenters. The van der Waals surface area contributed by atoms with E-state index in [1.165, 1.54) is 47.5 Å². The van der Waals surface area contributed by atoms with Crippen LogP contribution in [-0.4, -0.2) is 16.6 Å². The monoisotopic (exact) mass is 426 g/mol. The highest BCUT2D eigenvalue weighted by atomic mass is 32.2. The SMILES string of the molecule is O=C(CSc1ccc(F)cc1)Nc1ncc(Cc2cccc(C(F)(F)F)c2)s1. The molecule has 3 rings (SSSR count). The lowest BCUT2D eigenvalue weighted by atomic mass is 10.1. The average Bonchev–Trinajstić information content (AvgIpc) is 3.07. The Bertz CT molecular complexity index is 955. The molecule has 0 bridgehead atoms. The number of carbonyl (C=O) groups is 1. The van der Waals surface area contributed by atoms with Gasteiger partial charge in [-0.05, 0) is 35.9 Å². The van der Waals surface area contributed by atoms with E-state index in [9.17, 15) is 22.4 Å². The number of amides is 1. The number of aromatic nitrogens is 1. The molecule has 3 aromatic rings. The van der Waals surface area contributed by atoms with Crippen LogP contribution in [0.3, 0.4) is 0 Å². The Morgan fingerprint density at radius 2 is 1.89 bits per heavy atom. The Balaban J connectivity index is 1.55. The second kappa shape index (κ2) is 8.74. The number of halogens is 4. The summed E-state index contributed by atoms with van der Waals surface area (Å²) in [4.78, 5) is 17.6. The van der Waals surface area contributed by atoms with Crippen molar-refractivity contribution in [2.45, 2.75) is 17.5 Å². The molecule has 3 nitrogen and oxygen atoms in total. The van der Waals surface area contributed by atoms with Crippen molar-refractivity contribution in [2.24, 2.45) is 0 Å². The van der Waals surface area contributed by atoms with Gasteiger partial charge in [-0.1, -0.05) is 18.2 Å². The Hall–Kier alpha value is -2.39. The third-order valence-electron chi connectivity index (χ3n) is 3.62. The molecule has 9 heteroatoms. The zero-order valence-electron chi connectivity index (χ0n) is 14.3. The molecule has 0 radical (unpaired) electrons. The molecule has 0 fully saturated rings. The van der Waals surface area contributed by atoms with Crippen molar-refractivity contribution >= 4 is 34.1 Å². The predicted molar refractivity (Wildman–Crippen MR) is 102 cm³/mol. The summed E-state index contributed by atoms with van der Waals surface area (Å²) < 4.78 is 51.2. The van der Waals surface area contributed by atoms with E-state index in [1.807, 2.05) is 0 Å². The number of nitrogens with zero attached hydrogens (tertiary/aromatic N) is 1. The topological polar surface area (TPSA) is 42.0 Å². The lowest BCUT2D eigenvalue weighted by molar-refractivity contribution is -0.137. The summed E-state index contributed by atoms with van der Waals surface area (Å²) in [7, 11) is 0. The lowest BCUT2D eigenvalue weighted by Gasteiger charge is -2.07. The Kier molecular flexibility index (Phi) is 6.35. The number of anilines is 1. The Morgan fingerprint density at radius 1 is 1.14 bits per heavy atom. The van der Waals surface area contributed by atoms with E-state index >= 15 is 0 Å². The van der Waals surface area contributed by atoms with Crippen LogP contribution in [0, 0.1) is 5.82 Å². The molecular weight excluding hydrogens is 412 g/mol. The van der Waals surface area contributed by atoms with Crippen LogP contribution < -0.4 is 5.32 Å². The maximum atomic E-state index is 12.9. The minimum Gasteiger partial charge on any atom is -0.301 e. The van der Waals surface area contributed by atoms with Crippen LogP contribution in [-0.2, 0) is 17.4 Å². The molecule has 2 aromatic carbocycles. The van der Waals surface area contributed by atoms with Gasteiger partial charge in [-0.3, -0.25) is 4.79 Å². The summed E-state index contributed by atoms with van der Waals surface area (Å²) in [5, 5.41) is 3.04. The number of carbonyl (C=O) groups excluding carboxylic acids is 1. The molecule has 0 atom stereocenters. The van der Waals surface area contributed by atoms with Crippen LogP contribution >= 0.6 is 23.1 Å². The summed E-state index contributed by atoms with van der Waals surface area (Å²) in [6.45, 7) is 0. The number of thioether (sulfide) groups is 1. The first kappa shape index (κ1) is 20.3. The number of hydrogen-bond donors (Lipinski definition) is 1. The normalized spacial score (nSPS) is 11.4. The van der Waals surface area contributed by atoms with Gasteiger partial charge in [0, 0.05) is 22.4 Å². The first-order valence-corrected chi connectivity index (χ1v) is 9.89. The fraction of sp³-hybridized carbons (Fsp3) is 0.158. The molecule has 28 heavy (non-hydrogen) atoms. The van der Waals surface area contributed by atoms with Gasteiger partial charge >= 0.3 is 6.18 Å². The van der Waals surface area contributed by atoms with Gasteiger partial charge in [0.2, 0.25) is 5.91 Å². The Labute approximate surface area is 166 Å². The quantitative estimate of drug-likeness (QED) is 0.411. The second-order valence-corrected chi connectivity index (χ2v) is 7.96. The van der Waals surface area contributed by atoms with Crippen molar-refractivity contribution in [1.29, 1.82) is 0 Å². The van der Waals surface area contributed by atoms with Gasteiger partial charge in [-0.2, -0.15) is 13.2 Å². The molecule has 0 aliphatic rings. The third-order valence-corrected chi connectivity index (χ3v) is 5.54. The maximum absolute atomic E-state index is 12.9. The van der Waals surface area contributed by atoms with Crippen LogP contribution in [0.4, 0.5) is 22.7 Å². The van der Waals surface area contributed by atoms with Crippen LogP contribution in [0.2, 0.25) is 0 Å². The van der Waals surface area contributed by atoms with Crippen molar-refractivity contribution in [3.05, 3.63) is 76.5 Å². The fourth-order valence-corrected chi connectivity index (χ4v) is 3.90. The Morgan fingerprint density at radius 3 is 2.61 bits per heavy atom. The van der Waals surface area contributed by atoms with Crippen molar-refractivity contribution < 1.29 is 22.4 Å². The molecule has 0 saturated carbocycles. The van der Waals surface area contributed by atoms with Crippen LogP contribution in [0.1, 0.15) is 16.0 Å². The summed E-state index contributed by atoms with van der Waals surface area (Å²) in [5.74, 6) is -0.479. The highest BCUT2D eigenvalue weighted by Crippen LogP contribution is 2.30. The molecule has 0 saturated heterocycles. The number of rotatable bonds is 6. The van der Waals surface area contributed by atoms with Gasteiger partial charge in [-0.15, -0.1) is 23.1 Å². The number of alkyl halides is 3. The summed E-state index contributed by atoms with van der Waals surface area (Å²) in [6.07, 6.45) is -2.56. The summed E-state index contributed by atoms with van der Waals surface area (Å²) in [6, 6.07) is 10.9. The molecule has 0 aliphatic heterocycles.